The lowest BCUT2D eigenvalue weighted by molar-refractivity contribution is -0.115. The molecular formula is C21H24N2O3. The van der Waals surface area contributed by atoms with Crippen molar-refractivity contribution in [1.82, 2.24) is 4.90 Å². The van der Waals surface area contributed by atoms with E-state index in [0.29, 0.717) is 37.4 Å². The van der Waals surface area contributed by atoms with Crippen LogP contribution in [0.15, 0.2) is 48.5 Å². The van der Waals surface area contributed by atoms with Gasteiger partial charge in [-0.25, -0.2) is 0 Å². The molecule has 1 N–H and O–H groups in total. The smallest absolute Gasteiger partial charge is 0.254 e. The van der Waals surface area contributed by atoms with E-state index in [1.165, 1.54) is 0 Å². The van der Waals surface area contributed by atoms with Crippen LogP contribution in [0.2, 0.25) is 0 Å². The molecule has 5 heteroatoms. The SMILES string of the molecule is Cc1cccc(CC(=O)Nc2cccc(C(=O)N3CCOCC3C)c2)c1. The van der Waals surface area contributed by atoms with E-state index < -0.39 is 0 Å². The average molecular weight is 352 g/mol. The summed E-state index contributed by atoms with van der Waals surface area (Å²) in [6.07, 6.45) is 0.306. The summed E-state index contributed by atoms with van der Waals surface area (Å²) < 4.78 is 5.39. The molecule has 1 saturated heterocycles. The van der Waals surface area contributed by atoms with Gasteiger partial charge in [0.05, 0.1) is 25.7 Å². The standard InChI is InChI=1S/C21H24N2O3/c1-15-5-3-6-17(11-15)12-20(24)22-19-8-4-7-18(13-19)21(25)23-9-10-26-14-16(23)2/h3-8,11,13,16H,9-10,12,14H2,1-2H3,(H,22,24). The van der Waals surface area contributed by atoms with Gasteiger partial charge in [-0.2, -0.15) is 0 Å². The van der Waals surface area contributed by atoms with Crippen molar-refractivity contribution in [2.24, 2.45) is 0 Å². The van der Waals surface area contributed by atoms with Gasteiger partial charge in [0.15, 0.2) is 0 Å². The van der Waals surface area contributed by atoms with Crippen LogP contribution in [-0.2, 0) is 16.0 Å². The Morgan fingerprint density at radius 2 is 2.00 bits per heavy atom. The van der Waals surface area contributed by atoms with Crippen LogP contribution in [0.25, 0.3) is 0 Å². The number of hydrogen-bond acceptors (Lipinski definition) is 3. The Kier molecular flexibility index (Phi) is 5.68. The zero-order valence-corrected chi connectivity index (χ0v) is 15.2. The van der Waals surface area contributed by atoms with Gasteiger partial charge in [-0.3, -0.25) is 9.59 Å². The minimum Gasteiger partial charge on any atom is -0.377 e. The predicted octanol–water partition coefficient (Wildman–Crippen LogP) is 3.04. The van der Waals surface area contributed by atoms with Crippen LogP contribution < -0.4 is 5.32 Å². The second-order valence-corrected chi connectivity index (χ2v) is 6.72. The number of amides is 2. The number of morpholine rings is 1. The Morgan fingerprint density at radius 3 is 2.77 bits per heavy atom. The fourth-order valence-corrected chi connectivity index (χ4v) is 3.14. The Labute approximate surface area is 154 Å². The molecule has 0 radical (unpaired) electrons. The summed E-state index contributed by atoms with van der Waals surface area (Å²) in [5, 5.41) is 2.88. The third-order valence-electron chi connectivity index (χ3n) is 4.47. The van der Waals surface area contributed by atoms with Crippen LogP contribution in [0.4, 0.5) is 5.69 Å². The van der Waals surface area contributed by atoms with Gasteiger partial charge in [0.25, 0.3) is 5.91 Å². The number of nitrogens with zero attached hydrogens (tertiary/aromatic N) is 1. The van der Waals surface area contributed by atoms with Crippen molar-refractivity contribution in [3.8, 4) is 0 Å². The van der Waals surface area contributed by atoms with Crippen molar-refractivity contribution >= 4 is 17.5 Å². The molecule has 2 aromatic rings. The van der Waals surface area contributed by atoms with E-state index in [-0.39, 0.29) is 17.9 Å². The molecule has 1 atom stereocenters. The molecule has 0 aliphatic carbocycles. The number of carbonyl (C=O) groups excluding carboxylic acids is 2. The normalized spacial score (nSPS) is 17.0. The number of ether oxygens (including phenoxy) is 1. The Morgan fingerprint density at radius 1 is 1.19 bits per heavy atom. The van der Waals surface area contributed by atoms with Gasteiger partial charge in [0, 0.05) is 17.8 Å². The van der Waals surface area contributed by atoms with Gasteiger partial charge in [-0.1, -0.05) is 35.9 Å². The maximum atomic E-state index is 12.7. The van der Waals surface area contributed by atoms with Crippen molar-refractivity contribution in [3.05, 3.63) is 65.2 Å². The molecule has 2 aromatic carbocycles. The van der Waals surface area contributed by atoms with Crippen LogP contribution in [0.5, 0.6) is 0 Å². The molecule has 0 saturated carbocycles. The summed E-state index contributed by atoms with van der Waals surface area (Å²) in [5.74, 6) is -0.129. The molecule has 2 amide bonds. The van der Waals surface area contributed by atoms with Gasteiger partial charge >= 0.3 is 0 Å². The largest absolute Gasteiger partial charge is 0.377 e. The lowest BCUT2D eigenvalue weighted by atomic mass is 10.1. The van der Waals surface area contributed by atoms with Crippen molar-refractivity contribution < 1.29 is 14.3 Å². The fourth-order valence-electron chi connectivity index (χ4n) is 3.14. The molecule has 0 spiro atoms. The van der Waals surface area contributed by atoms with Gasteiger partial charge in [-0.15, -0.1) is 0 Å². The minimum absolute atomic E-state index is 0.0319. The third kappa shape index (κ3) is 4.49. The molecule has 136 valence electrons. The van der Waals surface area contributed by atoms with E-state index in [4.69, 9.17) is 4.74 Å². The highest BCUT2D eigenvalue weighted by atomic mass is 16.5. The van der Waals surface area contributed by atoms with Gasteiger partial charge < -0.3 is 15.0 Å². The molecule has 1 fully saturated rings. The first-order chi connectivity index (χ1) is 12.5. The summed E-state index contributed by atoms with van der Waals surface area (Å²) in [6.45, 7) is 5.68. The zero-order valence-electron chi connectivity index (χ0n) is 15.2. The van der Waals surface area contributed by atoms with Crippen molar-refractivity contribution in [2.45, 2.75) is 26.3 Å². The maximum absolute atomic E-state index is 12.7. The average Bonchev–Trinajstić information content (AvgIpc) is 2.61. The van der Waals surface area contributed by atoms with Crippen LogP contribution in [-0.4, -0.2) is 42.5 Å². The maximum Gasteiger partial charge on any atom is 0.254 e. The van der Waals surface area contributed by atoms with Crippen molar-refractivity contribution in [3.63, 3.8) is 0 Å². The quantitative estimate of drug-likeness (QED) is 0.920. The molecule has 26 heavy (non-hydrogen) atoms. The van der Waals surface area contributed by atoms with Crippen LogP contribution in [0.3, 0.4) is 0 Å². The summed E-state index contributed by atoms with van der Waals surface area (Å²) in [5.41, 5.74) is 3.31. The lowest BCUT2D eigenvalue weighted by Gasteiger charge is -2.33. The zero-order chi connectivity index (χ0) is 18.5. The second-order valence-electron chi connectivity index (χ2n) is 6.72. The number of rotatable bonds is 4. The van der Waals surface area contributed by atoms with Crippen molar-refractivity contribution in [2.75, 3.05) is 25.1 Å². The highest BCUT2D eigenvalue weighted by molar-refractivity contribution is 5.97. The van der Waals surface area contributed by atoms with Crippen LogP contribution >= 0.6 is 0 Å². The van der Waals surface area contributed by atoms with Crippen molar-refractivity contribution in [1.29, 1.82) is 0 Å². The van der Waals surface area contributed by atoms with E-state index in [1.807, 2.05) is 43.0 Å². The Balaban J connectivity index is 1.67. The molecule has 1 unspecified atom stereocenters. The van der Waals surface area contributed by atoms with Crippen LogP contribution in [0, 0.1) is 6.92 Å². The summed E-state index contributed by atoms with van der Waals surface area (Å²) in [7, 11) is 0. The van der Waals surface area contributed by atoms with Gasteiger partial charge in [0.2, 0.25) is 5.91 Å². The first-order valence-electron chi connectivity index (χ1n) is 8.87. The Bertz CT molecular complexity index is 803. The molecule has 5 nitrogen and oxygen atoms in total. The third-order valence-corrected chi connectivity index (χ3v) is 4.47. The van der Waals surface area contributed by atoms with E-state index in [9.17, 15) is 9.59 Å². The number of carbonyl (C=O) groups is 2. The predicted molar refractivity (Wildman–Crippen MR) is 101 cm³/mol. The lowest BCUT2D eigenvalue weighted by Crippen LogP contribution is -2.47. The molecule has 0 aromatic heterocycles. The number of anilines is 1. The summed E-state index contributed by atoms with van der Waals surface area (Å²) >= 11 is 0. The van der Waals surface area contributed by atoms with E-state index in [1.54, 1.807) is 24.3 Å². The van der Waals surface area contributed by atoms with Crippen LogP contribution in [0.1, 0.15) is 28.4 Å². The first-order valence-corrected chi connectivity index (χ1v) is 8.87. The summed E-state index contributed by atoms with van der Waals surface area (Å²) in [6, 6.07) is 15.0. The number of aryl methyl sites for hydroxylation is 1. The molecule has 1 aliphatic rings. The van der Waals surface area contributed by atoms with E-state index >= 15 is 0 Å². The molecular weight excluding hydrogens is 328 g/mol. The highest BCUT2D eigenvalue weighted by Gasteiger charge is 2.24. The fraction of sp³-hybridized carbons (Fsp3) is 0.333. The van der Waals surface area contributed by atoms with Gasteiger partial charge in [-0.05, 0) is 37.6 Å². The topological polar surface area (TPSA) is 58.6 Å². The molecule has 0 bridgehead atoms. The molecule has 1 heterocycles. The monoisotopic (exact) mass is 352 g/mol. The number of hydrogen-bond donors (Lipinski definition) is 1. The molecule has 1 aliphatic heterocycles. The summed E-state index contributed by atoms with van der Waals surface area (Å²) in [4.78, 5) is 26.9. The minimum atomic E-state index is -0.0973. The number of nitrogens with one attached hydrogen (secondary N) is 1. The highest BCUT2D eigenvalue weighted by Crippen LogP contribution is 2.16. The second kappa shape index (κ2) is 8.15. The molecule has 3 rings (SSSR count). The first kappa shape index (κ1) is 18.1. The van der Waals surface area contributed by atoms with Gasteiger partial charge in [0.1, 0.15) is 0 Å². The van der Waals surface area contributed by atoms with E-state index in [0.717, 1.165) is 11.1 Å². The van der Waals surface area contributed by atoms with E-state index in [2.05, 4.69) is 5.32 Å². The Hall–Kier alpha value is -2.66. The number of benzene rings is 2.